The van der Waals surface area contributed by atoms with Gasteiger partial charge in [0.15, 0.2) is 5.78 Å². The summed E-state index contributed by atoms with van der Waals surface area (Å²) in [4.78, 5) is 32.9. The predicted octanol–water partition coefficient (Wildman–Crippen LogP) is 4.42. The van der Waals surface area contributed by atoms with E-state index in [1.165, 1.54) is 24.6 Å². The van der Waals surface area contributed by atoms with Gasteiger partial charge in [-0.05, 0) is 43.0 Å². The number of ketones is 1. The molecule has 0 spiro atoms. The van der Waals surface area contributed by atoms with Crippen LogP contribution in [0.3, 0.4) is 0 Å². The minimum atomic E-state index is -0.155. The monoisotopic (exact) mass is 355 g/mol. The van der Waals surface area contributed by atoms with Crippen LogP contribution >= 0.6 is 11.3 Å². The number of nitrogens with one attached hydrogen (secondary N) is 1. The third-order valence-electron chi connectivity index (χ3n) is 3.55. The first kappa shape index (κ1) is 17.0. The van der Waals surface area contributed by atoms with Crippen LogP contribution in [0.25, 0.3) is 10.2 Å². The summed E-state index contributed by atoms with van der Waals surface area (Å²) >= 11 is 1.49. The molecule has 3 aromatic rings. The van der Waals surface area contributed by atoms with Gasteiger partial charge in [-0.15, -0.1) is 11.3 Å². The zero-order valence-corrected chi connectivity index (χ0v) is 14.7. The molecule has 7 heteroatoms. The lowest BCUT2D eigenvalue weighted by molar-refractivity contribution is -0.116. The standard InChI is InChI=1S/C18H17N3O3S/c1-3-4-16(23)21-12-5-6-15(14(9-12)11(2)22)24-17-13-7-8-25-18(13)20-10-19-17/h5-10H,3-4H2,1-2H3,(H,21,23). The highest BCUT2D eigenvalue weighted by atomic mass is 32.1. The molecule has 0 unspecified atom stereocenters. The fraction of sp³-hybridized carbons (Fsp3) is 0.222. The van der Waals surface area contributed by atoms with Gasteiger partial charge in [-0.1, -0.05) is 6.92 Å². The number of nitrogens with zero attached hydrogens (tertiary/aromatic N) is 2. The average Bonchev–Trinajstić information content (AvgIpc) is 3.06. The zero-order chi connectivity index (χ0) is 17.8. The Balaban J connectivity index is 1.92. The van der Waals surface area contributed by atoms with Crippen molar-refractivity contribution in [1.29, 1.82) is 0 Å². The first-order valence-corrected chi connectivity index (χ1v) is 8.77. The van der Waals surface area contributed by atoms with Crippen molar-refractivity contribution in [3.05, 3.63) is 41.5 Å². The van der Waals surface area contributed by atoms with Crippen molar-refractivity contribution in [3.63, 3.8) is 0 Å². The summed E-state index contributed by atoms with van der Waals surface area (Å²) in [5.41, 5.74) is 0.954. The molecule has 2 aromatic heterocycles. The lowest BCUT2D eigenvalue weighted by Gasteiger charge is -2.12. The second-order valence-corrected chi connectivity index (χ2v) is 6.38. The van der Waals surface area contributed by atoms with E-state index in [1.807, 2.05) is 18.4 Å². The van der Waals surface area contributed by atoms with Crippen LogP contribution in [0.15, 0.2) is 36.0 Å². The number of rotatable bonds is 6. The summed E-state index contributed by atoms with van der Waals surface area (Å²) in [5, 5.41) is 5.49. The van der Waals surface area contributed by atoms with E-state index in [4.69, 9.17) is 4.74 Å². The smallest absolute Gasteiger partial charge is 0.231 e. The molecule has 1 N–H and O–H groups in total. The van der Waals surface area contributed by atoms with E-state index < -0.39 is 0 Å². The second kappa shape index (κ2) is 7.40. The molecular weight excluding hydrogens is 338 g/mol. The highest BCUT2D eigenvalue weighted by Gasteiger charge is 2.14. The number of benzene rings is 1. The van der Waals surface area contributed by atoms with Crippen LogP contribution in [0.5, 0.6) is 11.6 Å². The zero-order valence-electron chi connectivity index (χ0n) is 13.9. The molecule has 1 aromatic carbocycles. The second-order valence-electron chi connectivity index (χ2n) is 5.49. The third kappa shape index (κ3) is 3.83. The molecule has 2 heterocycles. The fourth-order valence-corrected chi connectivity index (χ4v) is 3.10. The molecule has 1 amide bonds. The number of hydrogen-bond acceptors (Lipinski definition) is 6. The Labute approximate surface area is 148 Å². The molecule has 0 saturated carbocycles. The van der Waals surface area contributed by atoms with Crippen molar-refractivity contribution >= 4 is 38.9 Å². The van der Waals surface area contributed by atoms with Gasteiger partial charge in [0.2, 0.25) is 11.8 Å². The van der Waals surface area contributed by atoms with Crippen LogP contribution in [0.1, 0.15) is 37.0 Å². The van der Waals surface area contributed by atoms with Gasteiger partial charge in [-0.3, -0.25) is 9.59 Å². The normalized spacial score (nSPS) is 10.6. The number of carbonyl (C=O) groups is 2. The van der Waals surface area contributed by atoms with Crippen LogP contribution in [0, 0.1) is 0 Å². The number of carbonyl (C=O) groups excluding carboxylic acids is 2. The van der Waals surface area contributed by atoms with Crippen molar-refractivity contribution in [2.45, 2.75) is 26.7 Å². The summed E-state index contributed by atoms with van der Waals surface area (Å²) in [6.07, 6.45) is 2.63. The number of amides is 1. The predicted molar refractivity (Wildman–Crippen MR) is 97.5 cm³/mol. The molecule has 25 heavy (non-hydrogen) atoms. The van der Waals surface area contributed by atoms with Crippen LogP contribution in [-0.4, -0.2) is 21.7 Å². The lowest BCUT2D eigenvalue weighted by atomic mass is 10.1. The lowest BCUT2D eigenvalue weighted by Crippen LogP contribution is -2.11. The molecular formula is C18H17N3O3S. The fourth-order valence-electron chi connectivity index (χ4n) is 2.38. The maximum absolute atomic E-state index is 12.0. The van der Waals surface area contributed by atoms with Gasteiger partial charge >= 0.3 is 0 Å². The van der Waals surface area contributed by atoms with E-state index in [0.29, 0.717) is 29.3 Å². The Morgan fingerprint density at radius 3 is 2.84 bits per heavy atom. The van der Waals surface area contributed by atoms with E-state index in [1.54, 1.807) is 18.2 Å². The molecule has 0 radical (unpaired) electrons. The van der Waals surface area contributed by atoms with Crippen LogP contribution in [0.4, 0.5) is 5.69 Å². The van der Waals surface area contributed by atoms with E-state index >= 15 is 0 Å². The molecule has 0 saturated heterocycles. The van der Waals surface area contributed by atoms with E-state index in [0.717, 1.165) is 16.6 Å². The summed E-state index contributed by atoms with van der Waals surface area (Å²) in [5.74, 6) is 0.558. The van der Waals surface area contributed by atoms with Crippen molar-refractivity contribution in [2.75, 3.05) is 5.32 Å². The molecule has 0 aliphatic heterocycles. The quantitative estimate of drug-likeness (QED) is 0.662. The highest BCUT2D eigenvalue weighted by Crippen LogP contribution is 2.32. The van der Waals surface area contributed by atoms with Crippen molar-refractivity contribution < 1.29 is 14.3 Å². The molecule has 0 aliphatic carbocycles. The SMILES string of the molecule is CCCC(=O)Nc1ccc(Oc2ncnc3sccc23)c(C(C)=O)c1. The Kier molecular flexibility index (Phi) is 5.04. The average molecular weight is 355 g/mol. The summed E-state index contributed by atoms with van der Waals surface area (Å²) in [6, 6.07) is 6.87. The number of aromatic nitrogens is 2. The van der Waals surface area contributed by atoms with Crippen LogP contribution < -0.4 is 10.1 Å². The van der Waals surface area contributed by atoms with Gasteiger partial charge in [-0.2, -0.15) is 0 Å². The topological polar surface area (TPSA) is 81.2 Å². The largest absolute Gasteiger partial charge is 0.437 e. The third-order valence-corrected chi connectivity index (χ3v) is 4.37. The molecule has 0 fully saturated rings. The van der Waals surface area contributed by atoms with Gasteiger partial charge in [-0.25, -0.2) is 9.97 Å². The highest BCUT2D eigenvalue weighted by molar-refractivity contribution is 7.16. The Morgan fingerprint density at radius 2 is 2.08 bits per heavy atom. The van der Waals surface area contributed by atoms with Gasteiger partial charge in [0.05, 0.1) is 10.9 Å². The van der Waals surface area contributed by atoms with Crippen LogP contribution in [0.2, 0.25) is 0 Å². The molecule has 128 valence electrons. The van der Waals surface area contributed by atoms with Crippen molar-refractivity contribution in [2.24, 2.45) is 0 Å². The van der Waals surface area contributed by atoms with E-state index in [9.17, 15) is 9.59 Å². The van der Waals surface area contributed by atoms with Crippen molar-refractivity contribution in [3.8, 4) is 11.6 Å². The minimum absolute atomic E-state index is 0.0820. The van der Waals surface area contributed by atoms with Crippen LogP contribution in [-0.2, 0) is 4.79 Å². The Bertz CT molecular complexity index is 936. The van der Waals surface area contributed by atoms with Gasteiger partial charge in [0.25, 0.3) is 0 Å². The molecule has 0 bridgehead atoms. The number of anilines is 1. The molecule has 0 aliphatic rings. The van der Waals surface area contributed by atoms with Crippen molar-refractivity contribution in [1.82, 2.24) is 9.97 Å². The molecule has 3 rings (SSSR count). The summed E-state index contributed by atoms with van der Waals surface area (Å²) in [7, 11) is 0. The maximum Gasteiger partial charge on any atom is 0.231 e. The number of fused-ring (bicyclic) bond motifs is 1. The summed E-state index contributed by atoms with van der Waals surface area (Å²) in [6.45, 7) is 3.39. The minimum Gasteiger partial charge on any atom is -0.437 e. The maximum atomic E-state index is 12.0. The Morgan fingerprint density at radius 1 is 1.24 bits per heavy atom. The Hall–Kier alpha value is -2.80. The first-order chi connectivity index (χ1) is 12.1. The number of thiophene rings is 1. The number of hydrogen-bond donors (Lipinski definition) is 1. The van der Waals surface area contributed by atoms with E-state index in [2.05, 4.69) is 15.3 Å². The number of Topliss-reactive ketones (excluding diaryl/α,β-unsaturated/α-hetero) is 1. The van der Waals surface area contributed by atoms with Gasteiger partial charge < -0.3 is 10.1 Å². The molecule has 6 nitrogen and oxygen atoms in total. The first-order valence-electron chi connectivity index (χ1n) is 7.89. The molecule has 0 atom stereocenters. The van der Waals surface area contributed by atoms with Gasteiger partial charge in [0, 0.05) is 12.1 Å². The summed E-state index contributed by atoms with van der Waals surface area (Å²) < 4.78 is 5.87. The van der Waals surface area contributed by atoms with Gasteiger partial charge in [0.1, 0.15) is 16.9 Å². The van der Waals surface area contributed by atoms with E-state index in [-0.39, 0.29) is 11.7 Å². The number of ether oxygens (including phenoxy) is 1.